The molecule has 16 heavy (non-hydrogen) atoms. The molecule has 0 aromatic heterocycles. The van der Waals surface area contributed by atoms with Crippen molar-refractivity contribution in [1.82, 2.24) is 0 Å². The monoisotopic (exact) mass is 228 g/mol. The maximum atomic E-state index is 11.6. The third-order valence-corrected chi connectivity index (χ3v) is 3.36. The molecule has 0 heterocycles. The molecule has 1 fully saturated rings. The molecule has 0 spiro atoms. The van der Waals surface area contributed by atoms with E-state index in [1.54, 1.807) is 0 Å². The molecule has 0 radical (unpaired) electrons. The van der Waals surface area contributed by atoms with Gasteiger partial charge in [-0.2, -0.15) is 0 Å². The highest BCUT2D eigenvalue weighted by Gasteiger charge is 2.38. The number of carbonyl (C=O) groups is 2. The van der Waals surface area contributed by atoms with Crippen molar-refractivity contribution in [3.05, 3.63) is 0 Å². The lowest BCUT2D eigenvalue weighted by molar-refractivity contribution is -0.162. The first-order valence-electron chi connectivity index (χ1n) is 5.75. The second-order valence-electron chi connectivity index (χ2n) is 4.56. The van der Waals surface area contributed by atoms with Gasteiger partial charge in [0.05, 0.1) is 14.2 Å². The summed E-state index contributed by atoms with van der Waals surface area (Å²) < 4.78 is 9.37. The van der Waals surface area contributed by atoms with E-state index in [1.807, 2.05) is 0 Å². The molecule has 2 atom stereocenters. The van der Waals surface area contributed by atoms with Crippen LogP contribution in [0.5, 0.6) is 0 Å². The molecule has 1 rings (SSSR count). The molecule has 0 aromatic rings. The topological polar surface area (TPSA) is 52.6 Å². The smallest absolute Gasteiger partial charge is 0.320 e. The van der Waals surface area contributed by atoms with Crippen LogP contribution in [0.3, 0.4) is 0 Å². The summed E-state index contributed by atoms with van der Waals surface area (Å²) in [5.41, 5.74) is 0. The van der Waals surface area contributed by atoms with Gasteiger partial charge < -0.3 is 9.47 Å². The second kappa shape index (κ2) is 5.87. The summed E-state index contributed by atoms with van der Waals surface area (Å²) in [5.74, 6) is -1.03. The molecule has 92 valence electrons. The Hall–Kier alpha value is -1.06. The van der Waals surface area contributed by atoms with E-state index < -0.39 is 17.9 Å². The van der Waals surface area contributed by atoms with Crippen molar-refractivity contribution in [2.45, 2.75) is 32.6 Å². The van der Waals surface area contributed by atoms with Crippen molar-refractivity contribution in [3.8, 4) is 0 Å². The Morgan fingerprint density at radius 3 is 2.12 bits per heavy atom. The number of methoxy groups -OCH3 is 2. The van der Waals surface area contributed by atoms with Crippen molar-refractivity contribution < 1.29 is 19.1 Å². The zero-order valence-electron chi connectivity index (χ0n) is 10.2. The van der Waals surface area contributed by atoms with Crippen LogP contribution < -0.4 is 0 Å². The number of rotatable bonds is 3. The highest BCUT2D eigenvalue weighted by molar-refractivity contribution is 5.95. The number of hydrogen-bond donors (Lipinski definition) is 0. The van der Waals surface area contributed by atoms with Gasteiger partial charge in [-0.05, 0) is 24.7 Å². The van der Waals surface area contributed by atoms with E-state index in [1.165, 1.54) is 20.6 Å². The minimum absolute atomic E-state index is 0.0728. The van der Waals surface area contributed by atoms with Crippen LogP contribution in [0.25, 0.3) is 0 Å². The molecule has 1 aliphatic rings. The zero-order chi connectivity index (χ0) is 12.1. The van der Waals surface area contributed by atoms with Gasteiger partial charge in [0.2, 0.25) is 0 Å². The van der Waals surface area contributed by atoms with Gasteiger partial charge in [-0.3, -0.25) is 9.59 Å². The van der Waals surface area contributed by atoms with E-state index in [4.69, 9.17) is 0 Å². The maximum absolute atomic E-state index is 11.6. The van der Waals surface area contributed by atoms with Crippen LogP contribution in [0, 0.1) is 17.8 Å². The van der Waals surface area contributed by atoms with Gasteiger partial charge in [0, 0.05) is 0 Å². The molecule has 0 aliphatic heterocycles. The number of carbonyl (C=O) groups excluding carboxylic acids is 2. The first kappa shape index (κ1) is 13.0. The minimum Gasteiger partial charge on any atom is -0.468 e. The standard InChI is InChI=1S/C12H20O4/c1-8-5-4-6-9(7-8)10(11(13)15-2)12(14)16-3/h8-10H,4-7H2,1-3H3/t8-,9-/m0/s1. The fraction of sp³-hybridized carbons (Fsp3) is 0.833. The number of esters is 2. The van der Waals surface area contributed by atoms with Gasteiger partial charge in [0.25, 0.3) is 0 Å². The molecule has 0 N–H and O–H groups in total. The Kier molecular flexibility index (Phi) is 4.77. The summed E-state index contributed by atoms with van der Waals surface area (Å²) in [6.07, 6.45) is 4.04. The van der Waals surface area contributed by atoms with E-state index in [0.29, 0.717) is 5.92 Å². The third-order valence-electron chi connectivity index (χ3n) is 3.36. The van der Waals surface area contributed by atoms with Gasteiger partial charge >= 0.3 is 11.9 Å². The molecule has 0 saturated heterocycles. The SMILES string of the molecule is COC(=O)C(C(=O)OC)[C@H]1CCC[C@H](C)C1. The van der Waals surface area contributed by atoms with Crippen molar-refractivity contribution in [1.29, 1.82) is 0 Å². The van der Waals surface area contributed by atoms with Crippen LogP contribution in [-0.4, -0.2) is 26.2 Å². The van der Waals surface area contributed by atoms with E-state index in [-0.39, 0.29) is 5.92 Å². The molecular weight excluding hydrogens is 208 g/mol. The molecule has 0 amide bonds. The van der Waals surface area contributed by atoms with Gasteiger partial charge in [-0.15, -0.1) is 0 Å². The van der Waals surface area contributed by atoms with Gasteiger partial charge in [0.15, 0.2) is 5.92 Å². The Morgan fingerprint density at radius 2 is 1.69 bits per heavy atom. The van der Waals surface area contributed by atoms with Gasteiger partial charge in [-0.1, -0.05) is 19.8 Å². The van der Waals surface area contributed by atoms with E-state index in [2.05, 4.69) is 16.4 Å². The summed E-state index contributed by atoms with van der Waals surface area (Å²) in [5, 5.41) is 0. The molecule has 4 nitrogen and oxygen atoms in total. The highest BCUT2D eigenvalue weighted by atomic mass is 16.5. The molecule has 0 aromatic carbocycles. The van der Waals surface area contributed by atoms with Crippen LogP contribution in [0.15, 0.2) is 0 Å². The predicted octanol–water partition coefficient (Wildman–Crippen LogP) is 1.77. The minimum atomic E-state index is -0.738. The van der Waals surface area contributed by atoms with Crippen LogP contribution >= 0.6 is 0 Å². The summed E-state index contributed by atoms with van der Waals surface area (Å²) in [4.78, 5) is 23.2. The van der Waals surface area contributed by atoms with Crippen molar-refractivity contribution in [2.75, 3.05) is 14.2 Å². The van der Waals surface area contributed by atoms with E-state index in [9.17, 15) is 9.59 Å². The quantitative estimate of drug-likeness (QED) is 0.545. The Bertz CT molecular complexity index is 246. The van der Waals surface area contributed by atoms with Crippen molar-refractivity contribution >= 4 is 11.9 Å². The van der Waals surface area contributed by atoms with Crippen LogP contribution in [0.4, 0.5) is 0 Å². The third kappa shape index (κ3) is 2.97. The first-order valence-corrected chi connectivity index (χ1v) is 5.75. The number of ether oxygens (including phenoxy) is 2. The summed E-state index contributed by atoms with van der Waals surface area (Å²) in [6, 6.07) is 0. The molecule has 1 saturated carbocycles. The van der Waals surface area contributed by atoms with E-state index in [0.717, 1.165) is 19.3 Å². The molecule has 1 aliphatic carbocycles. The lowest BCUT2D eigenvalue weighted by Crippen LogP contribution is -2.35. The van der Waals surface area contributed by atoms with Gasteiger partial charge in [0.1, 0.15) is 0 Å². The lowest BCUT2D eigenvalue weighted by Gasteiger charge is -2.30. The first-order chi connectivity index (χ1) is 7.60. The van der Waals surface area contributed by atoms with E-state index >= 15 is 0 Å². The Labute approximate surface area is 96.3 Å². The summed E-state index contributed by atoms with van der Waals surface area (Å²) in [7, 11) is 2.62. The normalized spacial score (nSPS) is 25.2. The van der Waals surface area contributed by atoms with Crippen LogP contribution in [0.1, 0.15) is 32.6 Å². The second-order valence-corrected chi connectivity index (χ2v) is 4.56. The molecule has 4 heteroatoms. The van der Waals surface area contributed by atoms with Crippen LogP contribution in [0.2, 0.25) is 0 Å². The van der Waals surface area contributed by atoms with Crippen molar-refractivity contribution in [3.63, 3.8) is 0 Å². The molecule has 0 bridgehead atoms. The Morgan fingerprint density at radius 1 is 1.12 bits per heavy atom. The largest absolute Gasteiger partial charge is 0.468 e. The fourth-order valence-electron chi connectivity index (χ4n) is 2.52. The zero-order valence-corrected chi connectivity index (χ0v) is 10.2. The average Bonchev–Trinajstić information content (AvgIpc) is 2.29. The van der Waals surface area contributed by atoms with Gasteiger partial charge in [-0.25, -0.2) is 0 Å². The highest BCUT2D eigenvalue weighted by Crippen LogP contribution is 2.34. The fourth-order valence-corrected chi connectivity index (χ4v) is 2.52. The maximum Gasteiger partial charge on any atom is 0.320 e. The van der Waals surface area contributed by atoms with Crippen molar-refractivity contribution in [2.24, 2.45) is 17.8 Å². The summed E-state index contributed by atoms with van der Waals surface area (Å²) in [6.45, 7) is 2.15. The number of hydrogen-bond acceptors (Lipinski definition) is 4. The Balaban J connectivity index is 2.75. The predicted molar refractivity (Wildman–Crippen MR) is 58.6 cm³/mol. The molecular formula is C12H20O4. The van der Waals surface area contributed by atoms with Crippen LogP contribution in [-0.2, 0) is 19.1 Å². The molecule has 0 unspecified atom stereocenters. The average molecular weight is 228 g/mol. The summed E-state index contributed by atoms with van der Waals surface area (Å²) >= 11 is 0. The lowest BCUT2D eigenvalue weighted by atomic mass is 9.75.